The van der Waals surface area contributed by atoms with Crippen molar-refractivity contribution in [1.82, 2.24) is 5.32 Å². The SMILES string of the molecule is COc1cc(CCNC(=O)C(O)c2ccc(C)cc2)ccc1OCc1ccccc1. The van der Waals surface area contributed by atoms with E-state index in [0.717, 1.165) is 16.7 Å². The van der Waals surface area contributed by atoms with E-state index in [4.69, 9.17) is 9.47 Å². The number of aliphatic hydroxyl groups is 1. The molecule has 0 spiro atoms. The molecule has 156 valence electrons. The molecule has 30 heavy (non-hydrogen) atoms. The van der Waals surface area contributed by atoms with Crippen LogP contribution in [0.4, 0.5) is 0 Å². The van der Waals surface area contributed by atoms with Crippen molar-refractivity contribution in [1.29, 1.82) is 0 Å². The second-order valence-electron chi connectivity index (χ2n) is 7.11. The summed E-state index contributed by atoms with van der Waals surface area (Å²) in [5.74, 6) is 0.909. The maximum Gasteiger partial charge on any atom is 0.253 e. The number of rotatable bonds is 9. The highest BCUT2D eigenvalue weighted by Gasteiger charge is 2.16. The summed E-state index contributed by atoms with van der Waals surface area (Å²) in [5, 5.41) is 13.0. The van der Waals surface area contributed by atoms with Crippen LogP contribution in [-0.2, 0) is 17.8 Å². The third kappa shape index (κ3) is 5.84. The Balaban J connectivity index is 1.52. The van der Waals surface area contributed by atoms with Gasteiger partial charge in [-0.15, -0.1) is 0 Å². The molecule has 3 rings (SSSR count). The molecule has 0 heterocycles. The maximum atomic E-state index is 12.2. The molecule has 0 saturated heterocycles. The number of aryl methyl sites for hydroxylation is 1. The van der Waals surface area contributed by atoms with Gasteiger partial charge in [0.05, 0.1) is 7.11 Å². The number of methoxy groups -OCH3 is 1. The smallest absolute Gasteiger partial charge is 0.253 e. The molecule has 0 bridgehead atoms. The van der Waals surface area contributed by atoms with Crippen molar-refractivity contribution >= 4 is 5.91 Å². The lowest BCUT2D eigenvalue weighted by Crippen LogP contribution is -2.30. The number of hydrogen-bond acceptors (Lipinski definition) is 4. The summed E-state index contributed by atoms with van der Waals surface area (Å²) in [7, 11) is 1.61. The van der Waals surface area contributed by atoms with E-state index in [0.29, 0.717) is 36.6 Å². The fourth-order valence-corrected chi connectivity index (χ4v) is 3.05. The summed E-state index contributed by atoms with van der Waals surface area (Å²) in [6, 6.07) is 22.9. The van der Waals surface area contributed by atoms with E-state index in [1.807, 2.05) is 67.6 Å². The van der Waals surface area contributed by atoms with Gasteiger partial charge in [0, 0.05) is 6.54 Å². The van der Waals surface area contributed by atoms with Crippen LogP contribution in [0.1, 0.15) is 28.4 Å². The van der Waals surface area contributed by atoms with Gasteiger partial charge in [0.1, 0.15) is 6.61 Å². The zero-order chi connectivity index (χ0) is 21.3. The minimum absolute atomic E-state index is 0.409. The first-order valence-electron chi connectivity index (χ1n) is 9.93. The van der Waals surface area contributed by atoms with Crippen LogP contribution in [0.2, 0.25) is 0 Å². The number of benzene rings is 3. The van der Waals surface area contributed by atoms with Crippen LogP contribution in [0.3, 0.4) is 0 Å². The Morgan fingerprint density at radius 3 is 2.40 bits per heavy atom. The van der Waals surface area contributed by atoms with Gasteiger partial charge in [0.25, 0.3) is 5.91 Å². The van der Waals surface area contributed by atoms with Gasteiger partial charge in [-0.25, -0.2) is 0 Å². The summed E-state index contributed by atoms with van der Waals surface area (Å²) >= 11 is 0. The Hall–Kier alpha value is -3.31. The zero-order valence-corrected chi connectivity index (χ0v) is 17.3. The number of aliphatic hydroxyl groups excluding tert-OH is 1. The van der Waals surface area contributed by atoms with E-state index < -0.39 is 12.0 Å². The standard InChI is InChI=1S/C25H27NO4/c1-18-8-11-21(12-9-18)24(27)25(28)26-15-14-19-10-13-22(23(16-19)29-2)30-17-20-6-4-3-5-7-20/h3-13,16,24,27H,14-15,17H2,1-2H3,(H,26,28). The molecule has 1 amide bonds. The van der Waals surface area contributed by atoms with Crippen molar-refractivity contribution in [2.45, 2.75) is 26.1 Å². The molecule has 3 aromatic carbocycles. The van der Waals surface area contributed by atoms with E-state index in [2.05, 4.69) is 5.32 Å². The fourth-order valence-electron chi connectivity index (χ4n) is 3.05. The second-order valence-corrected chi connectivity index (χ2v) is 7.11. The number of ether oxygens (including phenoxy) is 2. The van der Waals surface area contributed by atoms with Crippen molar-refractivity contribution in [2.75, 3.05) is 13.7 Å². The number of hydrogen-bond donors (Lipinski definition) is 2. The molecule has 2 N–H and O–H groups in total. The van der Waals surface area contributed by atoms with Crippen LogP contribution in [0, 0.1) is 6.92 Å². The monoisotopic (exact) mass is 405 g/mol. The molecule has 0 saturated carbocycles. The molecule has 0 aliphatic carbocycles. The number of carbonyl (C=O) groups excluding carboxylic acids is 1. The van der Waals surface area contributed by atoms with Gasteiger partial charge in [-0.05, 0) is 42.2 Å². The maximum absolute atomic E-state index is 12.2. The summed E-state index contributed by atoms with van der Waals surface area (Å²) < 4.78 is 11.3. The first kappa shape index (κ1) is 21.4. The molecule has 0 aliphatic heterocycles. The lowest BCUT2D eigenvalue weighted by molar-refractivity contribution is -0.129. The van der Waals surface area contributed by atoms with Crippen LogP contribution < -0.4 is 14.8 Å². The van der Waals surface area contributed by atoms with Crippen molar-refractivity contribution in [3.8, 4) is 11.5 Å². The van der Waals surface area contributed by atoms with E-state index in [9.17, 15) is 9.90 Å². The van der Waals surface area contributed by atoms with Gasteiger partial charge in [-0.2, -0.15) is 0 Å². The highest BCUT2D eigenvalue weighted by molar-refractivity contribution is 5.81. The fraction of sp³-hybridized carbons (Fsp3) is 0.240. The molecule has 1 unspecified atom stereocenters. The Bertz CT molecular complexity index is 955. The largest absolute Gasteiger partial charge is 0.493 e. The van der Waals surface area contributed by atoms with Gasteiger partial charge in [-0.1, -0.05) is 66.2 Å². The Labute approximate surface area is 177 Å². The highest BCUT2D eigenvalue weighted by Crippen LogP contribution is 2.29. The average molecular weight is 405 g/mol. The summed E-state index contributed by atoms with van der Waals surface area (Å²) in [6.45, 7) is 2.83. The van der Waals surface area contributed by atoms with Gasteiger partial charge in [-0.3, -0.25) is 4.79 Å². The zero-order valence-electron chi connectivity index (χ0n) is 17.3. The molecular formula is C25H27NO4. The second kappa shape index (κ2) is 10.5. The Morgan fingerprint density at radius 2 is 1.70 bits per heavy atom. The van der Waals surface area contributed by atoms with Gasteiger partial charge < -0.3 is 19.9 Å². The molecule has 3 aromatic rings. The quantitative estimate of drug-likeness (QED) is 0.565. The predicted molar refractivity (Wildman–Crippen MR) is 117 cm³/mol. The van der Waals surface area contributed by atoms with Gasteiger partial charge in [0.2, 0.25) is 0 Å². The van der Waals surface area contributed by atoms with Gasteiger partial charge >= 0.3 is 0 Å². The summed E-state index contributed by atoms with van der Waals surface area (Å²) in [4.78, 5) is 12.2. The molecule has 0 radical (unpaired) electrons. The van der Waals surface area contributed by atoms with Crippen molar-refractivity contribution in [2.24, 2.45) is 0 Å². The summed E-state index contributed by atoms with van der Waals surface area (Å²) in [5.41, 5.74) is 3.75. The lowest BCUT2D eigenvalue weighted by Gasteiger charge is -2.14. The van der Waals surface area contributed by atoms with Gasteiger partial charge in [0.15, 0.2) is 17.6 Å². The van der Waals surface area contributed by atoms with Crippen molar-refractivity contribution < 1.29 is 19.4 Å². The molecule has 1 atom stereocenters. The molecule has 5 nitrogen and oxygen atoms in total. The van der Waals surface area contributed by atoms with E-state index in [-0.39, 0.29) is 0 Å². The lowest BCUT2D eigenvalue weighted by atomic mass is 10.1. The third-order valence-corrected chi connectivity index (χ3v) is 4.82. The van der Waals surface area contributed by atoms with E-state index in [1.54, 1.807) is 19.2 Å². The predicted octanol–water partition coefficient (Wildman–Crippen LogP) is 3.97. The van der Waals surface area contributed by atoms with Crippen LogP contribution >= 0.6 is 0 Å². The van der Waals surface area contributed by atoms with E-state index in [1.165, 1.54) is 0 Å². The van der Waals surface area contributed by atoms with Crippen molar-refractivity contribution in [3.63, 3.8) is 0 Å². The number of amides is 1. The normalized spacial score (nSPS) is 11.6. The van der Waals surface area contributed by atoms with Crippen molar-refractivity contribution in [3.05, 3.63) is 95.1 Å². The average Bonchev–Trinajstić information content (AvgIpc) is 2.78. The summed E-state index contributed by atoms with van der Waals surface area (Å²) in [6.07, 6.45) is -0.560. The minimum atomic E-state index is -1.17. The first-order chi connectivity index (χ1) is 14.6. The van der Waals surface area contributed by atoms with Crippen LogP contribution in [-0.4, -0.2) is 24.7 Å². The Kier molecular flexibility index (Phi) is 7.46. The topological polar surface area (TPSA) is 67.8 Å². The minimum Gasteiger partial charge on any atom is -0.493 e. The van der Waals surface area contributed by atoms with Crippen LogP contribution in [0.25, 0.3) is 0 Å². The molecule has 0 fully saturated rings. The molecule has 5 heteroatoms. The van der Waals surface area contributed by atoms with Crippen LogP contribution in [0.5, 0.6) is 11.5 Å². The third-order valence-electron chi connectivity index (χ3n) is 4.82. The highest BCUT2D eigenvalue weighted by atomic mass is 16.5. The molecule has 0 aromatic heterocycles. The Morgan fingerprint density at radius 1 is 0.967 bits per heavy atom. The van der Waals surface area contributed by atoms with E-state index >= 15 is 0 Å². The number of nitrogens with one attached hydrogen (secondary N) is 1. The molecular weight excluding hydrogens is 378 g/mol. The number of carbonyl (C=O) groups is 1. The molecule has 0 aliphatic rings. The first-order valence-corrected chi connectivity index (χ1v) is 9.93. The van der Waals surface area contributed by atoms with Crippen LogP contribution in [0.15, 0.2) is 72.8 Å².